The fourth-order valence-electron chi connectivity index (χ4n) is 0.836. The third-order valence-corrected chi connectivity index (χ3v) is 1.60. The predicted octanol–water partition coefficient (Wildman–Crippen LogP) is 1.02. The highest BCUT2D eigenvalue weighted by atomic mass is 16.6. The Kier molecular flexibility index (Phi) is 5.54. The van der Waals surface area contributed by atoms with Crippen molar-refractivity contribution in [1.82, 2.24) is 0 Å². The van der Waals surface area contributed by atoms with Gasteiger partial charge in [0.2, 0.25) is 0 Å². The quantitative estimate of drug-likeness (QED) is 0.544. The van der Waals surface area contributed by atoms with Crippen molar-refractivity contribution in [2.45, 2.75) is 51.9 Å². The molecule has 0 aromatic rings. The number of carbonyl (C=O) groups excluding carboxylic acids is 1. The Hall–Kier alpha value is -0.870. The van der Waals surface area contributed by atoms with Crippen molar-refractivity contribution in [3.05, 3.63) is 12.2 Å². The van der Waals surface area contributed by atoms with Crippen LogP contribution >= 0.6 is 0 Å². The van der Waals surface area contributed by atoms with Crippen LogP contribution in [0.3, 0.4) is 0 Å². The van der Waals surface area contributed by atoms with E-state index in [4.69, 9.17) is 9.84 Å². The number of aliphatic hydroxyl groups is 2. The lowest BCUT2D eigenvalue weighted by atomic mass is 10.1. The molecule has 0 aliphatic heterocycles. The van der Waals surface area contributed by atoms with Gasteiger partial charge in [0.1, 0.15) is 5.60 Å². The number of aliphatic hydroxyl groups excluding tert-OH is 2. The predicted molar refractivity (Wildman–Crippen MR) is 57.3 cm³/mol. The van der Waals surface area contributed by atoms with Gasteiger partial charge in [0.05, 0.1) is 12.2 Å². The van der Waals surface area contributed by atoms with Crippen molar-refractivity contribution in [3.8, 4) is 0 Å². The first kappa shape index (κ1) is 14.1. The molecule has 0 fully saturated rings. The van der Waals surface area contributed by atoms with Gasteiger partial charge >= 0.3 is 5.97 Å². The normalized spacial score (nSPS) is 16.4. The summed E-state index contributed by atoms with van der Waals surface area (Å²) in [5.41, 5.74) is -0.510. The number of ether oxygens (including phenoxy) is 1. The minimum atomic E-state index is -0.844. The van der Waals surface area contributed by atoms with Gasteiger partial charge in [-0.3, -0.25) is 0 Å². The summed E-state index contributed by atoms with van der Waals surface area (Å²) >= 11 is 0. The van der Waals surface area contributed by atoms with Gasteiger partial charge in [-0.05, 0) is 34.1 Å². The lowest BCUT2D eigenvalue weighted by molar-refractivity contribution is -0.148. The van der Waals surface area contributed by atoms with Gasteiger partial charge in [-0.15, -0.1) is 0 Å². The van der Waals surface area contributed by atoms with Crippen LogP contribution in [0.2, 0.25) is 0 Å². The van der Waals surface area contributed by atoms with Crippen LogP contribution in [0.25, 0.3) is 0 Å². The van der Waals surface area contributed by atoms with E-state index >= 15 is 0 Å². The van der Waals surface area contributed by atoms with Crippen LogP contribution in [0.1, 0.15) is 34.1 Å². The van der Waals surface area contributed by atoms with Crippen LogP contribution in [-0.2, 0) is 9.53 Å². The molecule has 0 saturated heterocycles. The molecule has 0 heterocycles. The molecule has 0 saturated carbocycles. The second-order valence-electron chi connectivity index (χ2n) is 4.48. The first-order valence-electron chi connectivity index (χ1n) is 4.98. The zero-order chi connectivity index (χ0) is 12.1. The maximum atomic E-state index is 11.2. The molecule has 4 nitrogen and oxygen atoms in total. The summed E-state index contributed by atoms with van der Waals surface area (Å²) < 4.78 is 5.01. The highest BCUT2D eigenvalue weighted by Gasteiger charge is 2.14. The second kappa shape index (κ2) is 5.88. The highest BCUT2D eigenvalue weighted by molar-refractivity contribution is 5.82. The largest absolute Gasteiger partial charge is 0.457 e. The van der Waals surface area contributed by atoms with E-state index in [1.807, 2.05) is 0 Å². The molecule has 88 valence electrons. The third kappa shape index (κ3) is 8.15. The lowest BCUT2D eigenvalue weighted by Crippen LogP contribution is -2.23. The van der Waals surface area contributed by atoms with Crippen molar-refractivity contribution >= 4 is 5.97 Å². The Morgan fingerprint density at radius 3 is 2.33 bits per heavy atom. The van der Waals surface area contributed by atoms with Crippen LogP contribution in [0.15, 0.2) is 12.2 Å². The lowest BCUT2D eigenvalue weighted by Gasteiger charge is -2.18. The molecule has 4 heteroatoms. The number of hydrogen-bond donors (Lipinski definition) is 2. The van der Waals surface area contributed by atoms with Crippen molar-refractivity contribution in [3.63, 3.8) is 0 Å². The molecule has 0 spiro atoms. The fraction of sp³-hybridized carbons (Fsp3) is 0.727. The van der Waals surface area contributed by atoms with E-state index in [1.54, 1.807) is 20.8 Å². The third-order valence-electron chi connectivity index (χ3n) is 1.60. The first-order valence-corrected chi connectivity index (χ1v) is 4.98. The van der Waals surface area contributed by atoms with Crippen molar-refractivity contribution < 1.29 is 19.7 Å². The first-order chi connectivity index (χ1) is 6.72. The summed E-state index contributed by atoms with van der Waals surface area (Å²) in [7, 11) is 0. The zero-order valence-corrected chi connectivity index (χ0v) is 9.73. The van der Waals surface area contributed by atoms with Crippen LogP contribution in [-0.4, -0.2) is 34.0 Å². The topological polar surface area (TPSA) is 66.8 Å². The molecule has 0 bridgehead atoms. The van der Waals surface area contributed by atoms with Gasteiger partial charge in [0.15, 0.2) is 0 Å². The molecule has 0 aromatic carbocycles. The monoisotopic (exact) mass is 216 g/mol. The van der Waals surface area contributed by atoms with Crippen LogP contribution in [0, 0.1) is 0 Å². The Morgan fingerprint density at radius 2 is 1.93 bits per heavy atom. The summed E-state index contributed by atoms with van der Waals surface area (Å²) in [4.78, 5) is 11.2. The molecule has 0 radical (unpaired) electrons. The van der Waals surface area contributed by atoms with Crippen LogP contribution in [0.5, 0.6) is 0 Å². The molecule has 2 atom stereocenters. The van der Waals surface area contributed by atoms with Crippen molar-refractivity contribution in [2.24, 2.45) is 0 Å². The van der Waals surface area contributed by atoms with Gasteiger partial charge in [0, 0.05) is 6.08 Å². The van der Waals surface area contributed by atoms with E-state index in [1.165, 1.54) is 19.1 Å². The molecule has 0 amide bonds. The summed E-state index contributed by atoms with van der Waals surface area (Å²) in [5.74, 6) is -0.444. The Labute approximate surface area is 90.6 Å². The fourth-order valence-corrected chi connectivity index (χ4v) is 0.836. The Balaban J connectivity index is 3.93. The van der Waals surface area contributed by atoms with E-state index in [0.29, 0.717) is 0 Å². The minimum Gasteiger partial charge on any atom is -0.457 e. The number of rotatable bonds is 4. The summed E-state index contributed by atoms with van der Waals surface area (Å²) in [6, 6.07) is 0. The van der Waals surface area contributed by atoms with Crippen molar-refractivity contribution in [1.29, 1.82) is 0 Å². The molecule has 15 heavy (non-hydrogen) atoms. The Bertz CT molecular complexity index is 225. The van der Waals surface area contributed by atoms with Gasteiger partial charge in [-0.25, -0.2) is 4.79 Å². The standard InChI is InChI=1S/C11H20O4/c1-8(12)9(13)6-5-7-10(14)15-11(2,3)4/h5,7-9,12-13H,6H2,1-4H3/b7-5+/t8-,9-/m0/s1. The average molecular weight is 216 g/mol. The molecule has 0 rings (SSSR count). The molecule has 2 N–H and O–H groups in total. The van der Waals surface area contributed by atoms with Gasteiger partial charge < -0.3 is 14.9 Å². The van der Waals surface area contributed by atoms with E-state index in [2.05, 4.69) is 0 Å². The number of esters is 1. The molecule has 0 aliphatic rings. The summed E-state index contributed by atoms with van der Waals surface area (Å²) in [6.07, 6.45) is 1.34. The van der Waals surface area contributed by atoms with Crippen LogP contribution < -0.4 is 0 Å². The zero-order valence-electron chi connectivity index (χ0n) is 9.73. The Morgan fingerprint density at radius 1 is 1.40 bits per heavy atom. The minimum absolute atomic E-state index is 0.233. The molecule has 0 aromatic heterocycles. The van der Waals surface area contributed by atoms with Crippen molar-refractivity contribution in [2.75, 3.05) is 0 Å². The molecular weight excluding hydrogens is 196 g/mol. The highest BCUT2D eigenvalue weighted by Crippen LogP contribution is 2.07. The smallest absolute Gasteiger partial charge is 0.330 e. The maximum absolute atomic E-state index is 11.2. The van der Waals surface area contributed by atoms with Gasteiger partial charge in [-0.2, -0.15) is 0 Å². The van der Waals surface area contributed by atoms with E-state index in [0.717, 1.165) is 0 Å². The van der Waals surface area contributed by atoms with Gasteiger partial charge in [0.25, 0.3) is 0 Å². The second-order valence-corrected chi connectivity index (χ2v) is 4.48. The summed E-state index contributed by atoms with van der Waals surface area (Å²) in [5, 5.41) is 18.2. The SMILES string of the molecule is C[C@H](O)[C@@H](O)C/C=C/C(=O)OC(C)(C)C. The molecule has 0 unspecified atom stereocenters. The van der Waals surface area contributed by atoms with E-state index < -0.39 is 23.8 Å². The number of hydrogen-bond acceptors (Lipinski definition) is 4. The number of carbonyl (C=O) groups is 1. The van der Waals surface area contributed by atoms with Gasteiger partial charge in [-0.1, -0.05) is 6.08 Å². The average Bonchev–Trinajstić information content (AvgIpc) is 2.00. The van der Waals surface area contributed by atoms with Crippen LogP contribution in [0.4, 0.5) is 0 Å². The van der Waals surface area contributed by atoms with E-state index in [9.17, 15) is 9.90 Å². The van der Waals surface area contributed by atoms with E-state index in [-0.39, 0.29) is 6.42 Å². The molecule has 0 aliphatic carbocycles. The maximum Gasteiger partial charge on any atom is 0.330 e. The summed E-state index contributed by atoms with van der Waals surface area (Å²) in [6.45, 7) is 6.84. The molecular formula is C11H20O4.